The van der Waals surface area contributed by atoms with Gasteiger partial charge < -0.3 is 10.2 Å². The van der Waals surface area contributed by atoms with Crippen LogP contribution in [0.2, 0.25) is 0 Å². The van der Waals surface area contributed by atoms with E-state index < -0.39 is 46.7 Å². The van der Waals surface area contributed by atoms with Crippen molar-refractivity contribution >= 4 is 22.5 Å². The van der Waals surface area contributed by atoms with Crippen molar-refractivity contribution in [2.24, 2.45) is 0 Å². The second-order valence-corrected chi connectivity index (χ2v) is 10.0. The summed E-state index contributed by atoms with van der Waals surface area (Å²) in [5.41, 5.74) is -1.77. The van der Waals surface area contributed by atoms with Crippen LogP contribution in [0.3, 0.4) is 0 Å². The molecular weight excluding hydrogens is 534 g/mol. The van der Waals surface area contributed by atoms with Crippen molar-refractivity contribution < 1.29 is 35.3 Å². The minimum Gasteiger partial charge on any atom is -0.369 e. The number of carbonyl (C=O) groups excluding carboxylic acids is 1. The number of aryl methyl sites for hydroxylation is 1. The fraction of sp³-hybridized carbons (Fsp3) is 0.320. The number of nitrogens with one attached hydrogen (secondary N) is 1. The second-order valence-electron chi connectivity index (χ2n) is 8.77. The predicted molar refractivity (Wildman–Crippen MR) is 129 cm³/mol. The molecule has 3 aromatic rings. The van der Waals surface area contributed by atoms with Crippen LogP contribution in [0.5, 0.6) is 0 Å². The maximum absolute atomic E-state index is 13.8. The molecule has 4 rings (SSSR count). The van der Waals surface area contributed by atoms with Gasteiger partial charge in [-0.1, -0.05) is 24.3 Å². The Bertz CT molecular complexity index is 1380. The van der Waals surface area contributed by atoms with Gasteiger partial charge in [0.05, 0.1) is 27.6 Å². The van der Waals surface area contributed by atoms with Crippen molar-refractivity contribution in [3.63, 3.8) is 0 Å². The van der Waals surface area contributed by atoms with E-state index in [0.29, 0.717) is 30.7 Å². The van der Waals surface area contributed by atoms with Gasteiger partial charge in [0.25, 0.3) is 5.91 Å². The number of carbonyl (C=O) groups is 1. The van der Waals surface area contributed by atoms with E-state index in [1.807, 2.05) is 0 Å². The number of amides is 1. The topological polar surface area (TPSA) is 75.2 Å². The Morgan fingerprint density at radius 2 is 1.63 bits per heavy atom. The van der Waals surface area contributed by atoms with Crippen LogP contribution in [-0.4, -0.2) is 44.3 Å². The van der Waals surface area contributed by atoms with Crippen LogP contribution in [0.25, 0.3) is 11.3 Å². The molecule has 1 aliphatic rings. The van der Waals surface area contributed by atoms with E-state index in [4.69, 9.17) is 0 Å². The third kappa shape index (κ3) is 5.82. The highest BCUT2D eigenvalue weighted by molar-refractivity contribution is 7.84. The van der Waals surface area contributed by atoms with Gasteiger partial charge in [-0.2, -0.15) is 26.3 Å². The van der Waals surface area contributed by atoms with Crippen LogP contribution in [-0.2, 0) is 29.7 Å². The van der Waals surface area contributed by atoms with Gasteiger partial charge in [-0.25, -0.2) is 9.97 Å². The summed E-state index contributed by atoms with van der Waals surface area (Å²) < 4.78 is 92.6. The highest BCUT2D eigenvalue weighted by Gasteiger charge is 2.37. The van der Waals surface area contributed by atoms with Crippen LogP contribution >= 0.6 is 0 Å². The maximum atomic E-state index is 13.8. The van der Waals surface area contributed by atoms with Crippen molar-refractivity contribution in [2.75, 3.05) is 24.7 Å². The summed E-state index contributed by atoms with van der Waals surface area (Å²) in [7, 11) is -1.60. The average Bonchev–Trinajstić information content (AvgIpc) is 2.83. The Labute approximate surface area is 216 Å². The SMILES string of the molecule is Cc1ccccc1-c1nc(S(C)=O)nc2c1C(=O)N(Cc1cc(C(F)(F)F)cc(C(F)(F)F)c1)CCCN2. The predicted octanol–water partition coefficient (Wildman–Crippen LogP) is 5.69. The molecule has 1 aromatic heterocycles. The number of hydrogen-bond donors (Lipinski definition) is 1. The molecule has 0 fully saturated rings. The largest absolute Gasteiger partial charge is 0.416 e. The van der Waals surface area contributed by atoms with Gasteiger partial charge in [0.2, 0.25) is 5.16 Å². The summed E-state index contributed by atoms with van der Waals surface area (Å²) in [6.45, 7) is 1.64. The van der Waals surface area contributed by atoms with Crippen LogP contribution in [0, 0.1) is 6.92 Å². The second kappa shape index (κ2) is 10.4. The molecular formula is C25H22F6N4O2S. The zero-order chi connectivity index (χ0) is 27.8. The first-order valence-corrected chi connectivity index (χ1v) is 12.9. The van der Waals surface area contributed by atoms with Gasteiger partial charge >= 0.3 is 12.4 Å². The lowest BCUT2D eigenvalue weighted by Crippen LogP contribution is -2.36. The lowest BCUT2D eigenvalue weighted by Gasteiger charge is -2.28. The molecule has 1 atom stereocenters. The van der Waals surface area contributed by atoms with Crippen molar-refractivity contribution in [2.45, 2.75) is 37.4 Å². The molecule has 0 aliphatic carbocycles. The molecule has 202 valence electrons. The molecule has 0 saturated heterocycles. The van der Waals surface area contributed by atoms with Crippen LogP contribution in [0.4, 0.5) is 32.2 Å². The molecule has 1 amide bonds. The van der Waals surface area contributed by atoms with Crippen LogP contribution in [0.1, 0.15) is 39.0 Å². The van der Waals surface area contributed by atoms with Crippen molar-refractivity contribution in [3.8, 4) is 11.3 Å². The first kappa shape index (κ1) is 27.6. The number of benzene rings is 2. The third-order valence-corrected chi connectivity index (χ3v) is 6.66. The number of rotatable bonds is 4. The van der Waals surface area contributed by atoms with Crippen molar-refractivity contribution in [1.82, 2.24) is 14.9 Å². The van der Waals surface area contributed by atoms with Crippen molar-refractivity contribution in [1.29, 1.82) is 0 Å². The minimum absolute atomic E-state index is 0.00350. The van der Waals surface area contributed by atoms with Gasteiger partial charge in [-0.15, -0.1) is 0 Å². The van der Waals surface area contributed by atoms with Crippen LogP contribution < -0.4 is 5.32 Å². The third-order valence-electron chi connectivity index (χ3n) is 5.97. The molecule has 1 N–H and O–H groups in total. The Morgan fingerprint density at radius 1 is 1.00 bits per heavy atom. The van der Waals surface area contributed by atoms with Gasteiger partial charge in [0, 0.05) is 31.5 Å². The molecule has 0 saturated carbocycles. The smallest absolute Gasteiger partial charge is 0.369 e. The summed E-state index contributed by atoms with van der Waals surface area (Å²) in [4.78, 5) is 23.6. The van der Waals surface area contributed by atoms with Gasteiger partial charge in [-0.3, -0.25) is 9.00 Å². The Kier molecular flexibility index (Phi) is 7.51. The van der Waals surface area contributed by atoms with E-state index in [1.165, 1.54) is 11.2 Å². The monoisotopic (exact) mass is 556 g/mol. The molecule has 1 unspecified atom stereocenters. The van der Waals surface area contributed by atoms with E-state index in [1.54, 1.807) is 31.2 Å². The lowest BCUT2D eigenvalue weighted by molar-refractivity contribution is -0.143. The number of nitrogens with zero attached hydrogens (tertiary/aromatic N) is 3. The highest BCUT2D eigenvalue weighted by atomic mass is 32.2. The fourth-order valence-electron chi connectivity index (χ4n) is 4.15. The molecule has 1 aliphatic heterocycles. The molecule has 2 heterocycles. The highest BCUT2D eigenvalue weighted by Crippen LogP contribution is 2.37. The van der Waals surface area contributed by atoms with Crippen LogP contribution in [0.15, 0.2) is 47.6 Å². The first-order chi connectivity index (χ1) is 17.8. The molecule has 6 nitrogen and oxygen atoms in total. The summed E-state index contributed by atoms with van der Waals surface area (Å²) in [6, 6.07) is 8.27. The number of alkyl halides is 6. The normalized spacial score (nSPS) is 15.4. The summed E-state index contributed by atoms with van der Waals surface area (Å²) >= 11 is 0. The minimum atomic E-state index is -5.01. The van der Waals surface area contributed by atoms with Crippen molar-refractivity contribution in [3.05, 3.63) is 70.3 Å². The van der Waals surface area contributed by atoms with E-state index in [-0.39, 0.29) is 40.4 Å². The summed E-state index contributed by atoms with van der Waals surface area (Å²) in [5.74, 6) is -0.581. The average molecular weight is 557 g/mol. The molecule has 2 aromatic carbocycles. The Hall–Kier alpha value is -3.48. The number of fused-ring (bicyclic) bond motifs is 1. The van der Waals surface area contributed by atoms with Gasteiger partial charge in [0.15, 0.2) is 0 Å². The van der Waals surface area contributed by atoms with E-state index >= 15 is 0 Å². The molecule has 0 radical (unpaired) electrons. The summed E-state index contributed by atoms with van der Waals surface area (Å²) in [5, 5.41) is 3.01. The Balaban J connectivity index is 1.85. The van der Waals surface area contributed by atoms with Gasteiger partial charge in [0.1, 0.15) is 11.4 Å². The number of anilines is 1. The first-order valence-electron chi connectivity index (χ1n) is 11.4. The molecule has 38 heavy (non-hydrogen) atoms. The quantitative estimate of drug-likeness (QED) is 0.331. The van der Waals surface area contributed by atoms with E-state index in [2.05, 4.69) is 15.3 Å². The fourth-order valence-corrected chi connectivity index (χ4v) is 4.59. The maximum Gasteiger partial charge on any atom is 0.416 e. The van der Waals surface area contributed by atoms with Gasteiger partial charge in [-0.05, 0) is 42.7 Å². The molecule has 0 spiro atoms. The zero-order valence-electron chi connectivity index (χ0n) is 20.2. The molecule has 13 heteroatoms. The summed E-state index contributed by atoms with van der Waals surface area (Å²) in [6.07, 6.45) is -8.30. The zero-order valence-corrected chi connectivity index (χ0v) is 21.0. The number of halogens is 6. The van der Waals surface area contributed by atoms with E-state index in [9.17, 15) is 35.3 Å². The molecule has 0 bridgehead atoms. The van der Waals surface area contributed by atoms with E-state index in [0.717, 1.165) is 5.56 Å². The Morgan fingerprint density at radius 3 is 2.21 bits per heavy atom. The standard InChI is InChI=1S/C25H22F6N4O2S/c1-14-6-3-4-7-18(14)20-19-21(34-23(33-20)38(2)37)32-8-5-9-35(22(19)36)13-15-10-16(24(26,27)28)12-17(11-15)25(29,30)31/h3-4,6-7,10-12H,5,8-9,13H2,1-2H3,(H,32,33,34). The number of hydrogen-bond acceptors (Lipinski definition) is 5. The number of aromatic nitrogens is 2. The lowest BCUT2D eigenvalue weighted by atomic mass is 9.99.